The number of benzene rings is 3. The van der Waals surface area contributed by atoms with Gasteiger partial charge in [-0.1, -0.05) is 83.3 Å². The lowest BCUT2D eigenvalue weighted by Gasteiger charge is -2.25. The van der Waals surface area contributed by atoms with E-state index in [2.05, 4.69) is 21.6 Å². The normalized spacial score (nSPS) is 12.8. The summed E-state index contributed by atoms with van der Waals surface area (Å²) in [5, 5.41) is 14.4. The summed E-state index contributed by atoms with van der Waals surface area (Å²) in [7, 11) is 0. The van der Waals surface area contributed by atoms with E-state index in [1.807, 2.05) is 6.07 Å². The number of carbonyl (C=O) groups is 2. The van der Waals surface area contributed by atoms with E-state index in [0.717, 1.165) is 0 Å². The van der Waals surface area contributed by atoms with Crippen LogP contribution in [0.15, 0.2) is 72.8 Å². The molecular formula is C27H28Cl3N5O4. The molecule has 3 aromatic carbocycles. The average molecular weight is 593 g/mol. The summed E-state index contributed by atoms with van der Waals surface area (Å²) in [4.78, 5) is 31.4. The van der Waals surface area contributed by atoms with Crippen molar-refractivity contribution < 1.29 is 19.2 Å². The fourth-order valence-corrected chi connectivity index (χ4v) is 3.79. The van der Waals surface area contributed by atoms with Gasteiger partial charge < -0.3 is 10.1 Å². The number of alkyl carbamates (subject to hydrolysis) is 1. The van der Waals surface area contributed by atoms with Gasteiger partial charge in [-0.15, -0.1) is 5.59 Å². The number of rotatable bonds is 9. The van der Waals surface area contributed by atoms with Gasteiger partial charge in [-0.05, 0) is 50.6 Å². The van der Waals surface area contributed by atoms with Crippen LogP contribution >= 0.6 is 34.8 Å². The third kappa shape index (κ3) is 9.50. The number of ether oxygens (including phenoxy) is 1. The van der Waals surface area contributed by atoms with E-state index in [9.17, 15) is 9.59 Å². The Bertz CT molecular complexity index is 1320. The summed E-state index contributed by atoms with van der Waals surface area (Å²) < 4.78 is 5.34. The molecule has 0 saturated carbocycles. The molecule has 0 heterocycles. The minimum absolute atomic E-state index is 0.0874. The summed E-state index contributed by atoms with van der Waals surface area (Å²) in [5.41, 5.74) is 6.01. The second-order valence-electron chi connectivity index (χ2n) is 9.28. The summed E-state index contributed by atoms with van der Waals surface area (Å²) in [5.74, 6) is -0.649. The topological polar surface area (TPSA) is 125 Å². The summed E-state index contributed by atoms with van der Waals surface area (Å²) >= 11 is 18.4. The molecular weight excluding hydrogens is 565 g/mol. The van der Waals surface area contributed by atoms with Gasteiger partial charge in [-0.25, -0.2) is 10.2 Å². The second kappa shape index (κ2) is 13.7. The predicted octanol–water partition coefficient (Wildman–Crippen LogP) is 6.08. The van der Waals surface area contributed by atoms with Crippen molar-refractivity contribution in [2.75, 3.05) is 0 Å². The molecule has 206 valence electrons. The third-order valence-electron chi connectivity index (χ3n) is 5.03. The molecule has 0 bridgehead atoms. The van der Waals surface area contributed by atoms with Crippen LogP contribution in [0, 0.1) is 5.41 Å². The van der Waals surface area contributed by atoms with Gasteiger partial charge in [0.05, 0.1) is 10.0 Å². The maximum atomic E-state index is 13.2. The Balaban J connectivity index is 1.78. The third-order valence-corrected chi connectivity index (χ3v) is 6.00. The van der Waals surface area contributed by atoms with E-state index >= 15 is 0 Å². The number of hydrogen-bond acceptors (Lipinski definition) is 7. The quantitative estimate of drug-likeness (QED) is 0.0888. The summed E-state index contributed by atoms with van der Waals surface area (Å²) in [6.07, 6.45) is -1.85. The first-order chi connectivity index (χ1) is 18.4. The zero-order valence-corrected chi connectivity index (χ0v) is 23.6. The summed E-state index contributed by atoms with van der Waals surface area (Å²) in [6, 6.07) is 19.0. The smallest absolute Gasteiger partial charge is 0.410 e. The van der Waals surface area contributed by atoms with Gasteiger partial charge in [-0.3, -0.25) is 20.4 Å². The van der Waals surface area contributed by atoms with Crippen molar-refractivity contribution in [2.24, 2.45) is 0 Å². The van der Waals surface area contributed by atoms with E-state index in [1.165, 1.54) is 6.07 Å². The van der Waals surface area contributed by atoms with E-state index < -0.39 is 29.9 Å². The molecule has 3 aromatic rings. The number of amidine groups is 1. The maximum absolute atomic E-state index is 13.2. The zero-order valence-electron chi connectivity index (χ0n) is 21.3. The Hall–Kier alpha value is -3.18. The van der Waals surface area contributed by atoms with Gasteiger partial charge in [-0.2, -0.15) is 0 Å². The van der Waals surface area contributed by atoms with E-state index in [-0.39, 0.29) is 10.9 Å². The van der Waals surface area contributed by atoms with Gasteiger partial charge in [0.2, 0.25) is 5.91 Å². The van der Waals surface area contributed by atoms with E-state index in [0.29, 0.717) is 26.7 Å². The Morgan fingerprint density at radius 3 is 2.23 bits per heavy atom. The molecule has 2 unspecified atom stereocenters. The van der Waals surface area contributed by atoms with Crippen LogP contribution in [0.5, 0.6) is 0 Å². The molecule has 0 spiro atoms. The molecule has 2 amide bonds. The fraction of sp³-hybridized carbons (Fsp3) is 0.222. The second-order valence-corrected chi connectivity index (χ2v) is 10.5. The van der Waals surface area contributed by atoms with Gasteiger partial charge in [0.15, 0.2) is 6.23 Å². The van der Waals surface area contributed by atoms with Crippen LogP contribution in [-0.2, 0) is 14.4 Å². The first-order valence-electron chi connectivity index (χ1n) is 11.7. The maximum Gasteiger partial charge on any atom is 0.410 e. The monoisotopic (exact) mass is 591 g/mol. The van der Waals surface area contributed by atoms with Crippen molar-refractivity contribution in [3.05, 3.63) is 105 Å². The molecule has 0 aromatic heterocycles. The van der Waals surface area contributed by atoms with Gasteiger partial charge in [0.25, 0.3) is 0 Å². The van der Waals surface area contributed by atoms with Crippen LogP contribution in [0.1, 0.15) is 49.7 Å². The molecule has 0 radical (unpaired) electrons. The van der Waals surface area contributed by atoms with Crippen molar-refractivity contribution in [1.82, 2.24) is 21.6 Å². The largest absolute Gasteiger partial charge is 0.444 e. The molecule has 0 aliphatic carbocycles. The molecule has 2 atom stereocenters. The van der Waals surface area contributed by atoms with Crippen LogP contribution in [-0.4, -0.2) is 23.4 Å². The lowest BCUT2D eigenvalue weighted by Crippen LogP contribution is -2.47. The Labute approximate surface area is 241 Å². The van der Waals surface area contributed by atoms with E-state index in [1.54, 1.807) is 81.4 Å². The Morgan fingerprint density at radius 1 is 0.872 bits per heavy atom. The highest BCUT2D eigenvalue weighted by Gasteiger charge is 2.25. The van der Waals surface area contributed by atoms with Crippen molar-refractivity contribution in [3.63, 3.8) is 0 Å². The van der Waals surface area contributed by atoms with Crippen LogP contribution in [0.2, 0.25) is 15.1 Å². The SMILES string of the molecule is CC(C)(C)OC(=O)NC(ONNC(C(=O)NC(=N)c1ccccc1)c1cccc(Cl)c1)c1ccc(Cl)c(Cl)c1. The van der Waals surface area contributed by atoms with Crippen LogP contribution in [0.25, 0.3) is 0 Å². The first-order valence-corrected chi connectivity index (χ1v) is 12.9. The highest BCUT2D eigenvalue weighted by Crippen LogP contribution is 2.26. The number of hydrogen-bond donors (Lipinski definition) is 5. The highest BCUT2D eigenvalue weighted by atomic mass is 35.5. The fourth-order valence-electron chi connectivity index (χ4n) is 3.28. The minimum Gasteiger partial charge on any atom is -0.444 e. The first kappa shape index (κ1) is 30.4. The predicted molar refractivity (Wildman–Crippen MR) is 152 cm³/mol. The molecule has 0 aliphatic heterocycles. The van der Waals surface area contributed by atoms with Gasteiger partial charge in [0, 0.05) is 16.1 Å². The van der Waals surface area contributed by atoms with Crippen LogP contribution in [0.3, 0.4) is 0 Å². The molecule has 0 fully saturated rings. The van der Waals surface area contributed by atoms with Gasteiger partial charge in [0.1, 0.15) is 17.5 Å². The minimum atomic E-state index is -1.10. The number of nitrogens with one attached hydrogen (secondary N) is 5. The average Bonchev–Trinajstić information content (AvgIpc) is 2.87. The Morgan fingerprint density at radius 2 is 1.59 bits per heavy atom. The zero-order chi connectivity index (χ0) is 28.6. The summed E-state index contributed by atoms with van der Waals surface area (Å²) in [6.45, 7) is 5.17. The van der Waals surface area contributed by atoms with Crippen molar-refractivity contribution in [3.8, 4) is 0 Å². The van der Waals surface area contributed by atoms with E-state index in [4.69, 9.17) is 49.8 Å². The van der Waals surface area contributed by atoms with Crippen molar-refractivity contribution in [1.29, 1.82) is 5.41 Å². The molecule has 0 saturated heterocycles. The van der Waals surface area contributed by atoms with Crippen molar-refractivity contribution in [2.45, 2.75) is 38.6 Å². The number of amides is 2. The standard InChI is InChI=1S/C27H28Cl3N5O4/c1-27(2,3)38-26(37)33-25(18-12-13-20(29)21(30)15-18)39-35-34-22(17-10-7-11-19(28)14-17)24(36)32-23(31)16-8-5-4-6-9-16/h4-15,22,25,34-35H,1-3H3,(H,33,37)(H2,31,32,36). The van der Waals surface area contributed by atoms with Crippen LogP contribution < -0.4 is 21.6 Å². The molecule has 12 heteroatoms. The molecule has 3 rings (SSSR count). The molecule has 39 heavy (non-hydrogen) atoms. The molecule has 9 nitrogen and oxygen atoms in total. The lowest BCUT2D eigenvalue weighted by molar-refractivity contribution is -0.126. The molecule has 0 aliphatic rings. The highest BCUT2D eigenvalue weighted by molar-refractivity contribution is 6.42. The number of carbonyl (C=O) groups excluding carboxylic acids is 2. The Kier molecular flexibility index (Phi) is 10.7. The number of hydrazine groups is 1. The van der Waals surface area contributed by atoms with Crippen LogP contribution in [0.4, 0.5) is 4.79 Å². The number of halogens is 3. The van der Waals surface area contributed by atoms with Crippen molar-refractivity contribution >= 4 is 52.6 Å². The molecule has 5 N–H and O–H groups in total. The lowest BCUT2D eigenvalue weighted by atomic mass is 10.1. The van der Waals surface area contributed by atoms with Gasteiger partial charge >= 0.3 is 6.09 Å².